The molecule has 0 radical (unpaired) electrons. The van der Waals surface area contributed by atoms with Crippen LogP contribution in [-0.4, -0.2) is 32.0 Å². The van der Waals surface area contributed by atoms with Gasteiger partial charge in [0.25, 0.3) is 0 Å². The standard InChI is InChI=1S/C15H19N3O2S.2ClH/c1-11(9-17-14-3-4-14)18-21(19,20)15-5-2-13-10-16-7-6-12(13)8-15;;/h2,5-8,10-11,14,17-18H,3-4,9H2,1H3;2*1H. The van der Waals surface area contributed by atoms with E-state index in [0.29, 0.717) is 17.5 Å². The smallest absolute Gasteiger partial charge is 0.240 e. The van der Waals surface area contributed by atoms with E-state index in [1.807, 2.05) is 13.0 Å². The molecule has 1 aromatic heterocycles. The first-order valence-corrected chi connectivity index (χ1v) is 8.62. The number of pyridine rings is 1. The Bertz CT molecular complexity index is 751. The Morgan fingerprint density at radius 1 is 1.22 bits per heavy atom. The van der Waals surface area contributed by atoms with Crippen LogP contribution in [0.5, 0.6) is 0 Å². The highest BCUT2D eigenvalue weighted by molar-refractivity contribution is 7.89. The van der Waals surface area contributed by atoms with Crippen molar-refractivity contribution in [3.05, 3.63) is 36.7 Å². The SMILES string of the molecule is CC(CNC1CC1)NS(=O)(=O)c1ccc2cnccc2c1.Cl.Cl. The van der Waals surface area contributed by atoms with Gasteiger partial charge in [-0.2, -0.15) is 0 Å². The summed E-state index contributed by atoms with van der Waals surface area (Å²) in [6, 6.07) is 7.33. The van der Waals surface area contributed by atoms with Gasteiger partial charge in [0, 0.05) is 36.4 Å². The van der Waals surface area contributed by atoms with Crippen LogP contribution in [0.1, 0.15) is 19.8 Å². The average Bonchev–Trinajstić information content (AvgIpc) is 3.28. The molecule has 3 rings (SSSR count). The minimum atomic E-state index is -3.49. The highest BCUT2D eigenvalue weighted by Gasteiger charge is 2.23. The van der Waals surface area contributed by atoms with Crippen LogP contribution in [0.25, 0.3) is 10.8 Å². The molecule has 1 heterocycles. The fourth-order valence-corrected chi connectivity index (χ4v) is 3.51. The topological polar surface area (TPSA) is 71.1 Å². The zero-order chi connectivity index (χ0) is 14.9. The quantitative estimate of drug-likeness (QED) is 0.810. The summed E-state index contributed by atoms with van der Waals surface area (Å²) in [6.45, 7) is 2.53. The lowest BCUT2D eigenvalue weighted by atomic mass is 10.2. The van der Waals surface area contributed by atoms with Gasteiger partial charge in [-0.15, -0.1) is 24.8 Å². The minimum absolute atomic E-state index is 0. The lowest BCUT2D eigenvalue weighted by Gasteiger charge is -2.15. The van der Waals surface area contributed by atoms with Crippen molar-refractivity contribution in [2.75, 3.05) is 6.54 Å². The summed E-state index contributed by atoms with van der Waals surface area (Å²) in [6.07, 6.45) is 5.77. The van der Waals surface area contributed by atoms with Crippen LogP contribution in [-0.2, 0) is 10.0 Å². The molecule has 0 aliphatic heterocycles. The van der Waals surface area contributed by atoms with Crippen molar-refractivity contribution >= 4 is 45.6 Å². The maximum Gasteiger partial charge on any atom is 0.240 e. The van der Waals surface area contributed by atoms with E-state index in [-0.39, 0.29) is 30.9 Å². The third kappa shape index (κ3) is 5.29. The van der Waals surface area contributed by atoms with Gasteiger partial charge < -0.3 is 5.32 Å². The van der Waals surface area contributed by atoms with E-state index in [0.717, 1.165) is 10.8 Å². The molecule has 1 fully saturated rings. The fourth-order valence-electron chi connectivity index (χ4n) is 2.23. The molecule has 1 aromatic carbocycles. The number of benzene rings is 1. The van der Waals surface area contributed by atoms with Crippen LogP contribution in [0.15, 0.2) is 41.6 Å². The first kappa shape index (κ1) is 20.1. The summed E-state index contributed by atoms with van der Waals surface area (Å²) in [5.74, 6) is 0. The van der Waals surface area contributed by atoms with Gasteiger partial charge in [0.15, 0.2) is 0 Å². The van der Waals surface area contributed by atoms with Crippen molar-refractivity contribution in [3.63, 3.8) is 0 Å². The van der Waals surface area contributed by atoms with E-state index in [9.17, 15) is 8.42 Å². The van der Waals surface area contributed by atoms with Gasteiger partial charge in [0.2, 0.25) is 10.0 Å². The normalized spacial score (nSPS) is 15.5. The summed E-state index contributed by atoms with van der Waals surface area (Å²) in [4.78, 5) is 4.32. The van der Waals surface area contributed by atoms with Gasteiger partial charge in [-0.25, -0.2) is 13.1 Å². The molecule has 1 aliphatic rings. The lowest BCUT2D eigenvalue weighted by molar-refractivity contribution is 0.535. The van der Waals surface area contributed by atoms with Gasteiger partial charge in [0.1, 0.15) is 0 Å². The molecule has 0 saturated heterocycles. The van der Waals surface area contributed by atoms with Crippen LogP contribution in [0.4, 0.5) is 0 Å². The zero-order valence-corrected chi connectivity index (χ0v) is 15.2. The van der Waals surface area contributed by atoms with Gasteiger partial charge in [0.05, 0.1) is 4.90 Å². The van der Waals surface area contributed by atoms with Gasteiger partial charge >= 0.3 is 0 Å². The Labute approximate surface area is 149 Å². The van der Waals surface area contributed by atoms with E-state index in [4.69, 9.17) is 0 Å². The maximum atomic E-state index is 12.4. The Kier molecular flexibility index (Phi) is 7.23. The van der Waals surface area contributed by atoms with E-state index in [2.05, 4.69) is 15.0 Å². The molecule has 1 aliphatic carbocycles. The van der Waals surface area contributed by atoms with Crippen LogP contribution in [0, 0.1) is 0 Å². The molecule has 128 valence electrons. The molecule has 1 saturated carbocycles. The number of sulfonamides is 1. The average molecular weight is 378 g/mol. The Hall–Kier alpha value is -0.920. The molecule has 8 heteroatoms. The van der Waals surface area contributed by atoms with Crippen molar-refractivity contribution < 1.29 is 8.42 Å². The predicted molar refractivity (Wildman–Crippen MR) is 97.0 cm³/mol. The second kappa shape index (κ2) is 8.26. The Balaban J connectivity index is 0.00000132. The largest absolute Gasteiger partial charge is 0.312 e. The molecule has 5 nitrogen and oxygen atoms in total. The summed E-state index contributed by atoms with van der Waals surface area (Å²) in [5.41, 5.74) is 0. The summed E-state index contributed by atoms with van der Waals surface area (Å²) in [5, 5.41) is 5.13. The van der Waals surface area contributed by atoms with E-state index in [1.54, 1.807) is 30.6 Å². The molecule has 2 N–H and O–H groups in total. The van der Waals surface area contributed by atoms with Crippen molar-refractivity contribution in [3.8, 4) is 0 Å². The second-order valence-electron chi connectivity index (χ2n) is 5.59. The van der Waals surface area contributed by atoms with E-state index < -0.39 is 10.0 Å². The number of hydrogen-bond acceptors (Lipinski definition) is 4. The van der Waals surface area contributed by atoms with Crippen LogP contribution in [0.3, 0.4) is 0 Å². The zero-order valence-electron chi connectivity index (χ0n) is 12.7. The number of aromatic nitrogens is 1. The van der Waals surface area contributed by atoms with Gasteiger partial charge in [-0.1, -0.05) is 6.07 Å². The molecule has 1 unspecified atom stereocenters. The number of nitrogens with zero attached hydrogens (tertiary/aromatic N) is 1. The highest BCUT2D eigenvalue weighted by Crippen LogP contribution is 2.19. The van der Waals surface area contributed by atoms with Crippen LogP contribution < -0.4 is 10.0 Å². The van der Waals surface area contributed by atoms with E-state index in [1.165, 1.54) is 12.8 Å². The van der Waals surface area contributed by atoms with Crippen molar-refractivity contribution in [1.29, 1.82) is 0 Å². The third-order valence-electron chi connectivity index (χ3n) is 3.57. The summed E-state index contributed by atoms with van der Waals surface area (Å²) >= 11 is 0. The van der Waals surface area contributed by atoms with Crippen LogP contribution >= 0.6 is 24.8 Å². The van der Waals surface area contributed by atoms with Crippen molar-refractivity contribution in [2.24, 2.45) is 0 Å². The Morgan fingerprint density at radius 2 is 1.96 bits per heavy atom. The van der Waals surface area contributed by atoms with Crippen molar-refractivity contribution in [2.45, 2.75) is 36.7 Å². The molecular formula is C15H21Cl2N3O2S. The number of nitrogens with one attached hydrogen (secondary N) is 2. The molecule has 0 amide bonds. The summed E-state index contributed by atoms with van der Waals surface area (Å²) < 4.78 is 27.5. The molecule has 0 bridgehead atoms. The third-order valence-corrected chi connectivity index (χ3v) is 5.16. The fraction of sp³-hybridized carbons (Fsp3) is 0.400. The molecule has 23 heavy (non-hydrogen) atoms. The number of rotatable bonds is 6. The van der Waals surface area contributed by atoms with Crippen LogP contribution in [0.2, 0.25) is 0 Å². The molecule has 0 spiro atoms. The molecule has 2 aromatic rings. The molecular weight excluding hydrogens is 357 g/mol. The summed E-state index contributed by atoms with van der Waals surface area (Å²) in [7, 11) is -3.49. The number of fused-ring (bicyclic) bond motifs is 1. The number of halogens is 2. The lowest BCUT2D eigenvalue weighted by Crippen LogP contribution is -2.40. The van der Waals surface area contributed by atoms with E-state index >= 15 is 0 Å². The minimum Gasteiger partial charge on any atom is -0.312 e. The monoisotopic (exact) mass is 377 g/mol. The van der Waals surface area contributed by atoms with Gasteiger partial charge in [-0.3, -0.25) is 4.98 Å². The van der Waals surface area contributed by atoms with Crippen molar-refractivity contribution in [1.82, 2.24) is 15.0 Å². The molecule has 1 atom stereocenters. The first-order valence-electron chi connectivity index (χ1n) is 7.14. The second-order valence-corrected chi connectivity index (χ2v) is 7.30. The van der Waals surface area contributed by atoms with Gasteiger partial charge in [-0.05, 0) is 43.4 Å². The highest BCUT2D eigenvalue weighted by atomic mass is 35.5. The number of hydrogen-bond donors (Lipinski definition) is 2. The Morgan fingerprint density at radius 3 is 2.65 bits per heavy atom. The predicted octanol–water partition coefficient (Wildman–Crippen LogP) is 2.50. The first-order chi connectivity index (χ1) is 10.0. The maximum absolute atomic E-state index is 12.4.